The van der Waals surface area contributed by atoms with Crippen molar-refractivity contribution in [1.82, 2.24) is 9.97 Å². The van der Waals surface area contributed by atoms with Gasteiger partial charge in [0.2, 0.25) is 5.91 Å². The number of anilines is 3. The number of nitrogens with one attached hydrogen (secondary N) is 3. The number of aromatic nitrogens is 2. The summed E-state index contributed by atoms with van der Waals surface area (Å²) in [7, 11) is 0. The maximum absolute atomic E-state index is 13.8. The lowest BCUT2D eigenvalue weighted by molar-refractivity contribution is -0.117. The Morgan fingerprint density at radius 1 is 1.10 bits per heavy atom. The third-order valence-corrected chi connectivity index (χ3v) is 5.62. The zero-order valence-corrected chi connectivity index (χ0v) is 16.6. The molecule has 3 N–H and O–H groups in total. The van der Waals surface area contributed by atoms with Crippen LogP contribution in [0.15, 0.2) is 36.5 Å². The summed E-state index contributed by atoms with van der Waals surface area (Å²) in [4.78, 5) is 32.3. The van der Waals surface area contributed by atoms with Crippen LogP contribution in [0.5, 0.6) is 0 Å². The Labute approximate surface area is 177 Å². The second-order valence-corrected chi connectivity index (χ2v) is 7.95. The number of pyridine rings is 1. The molecule has 8 heteroatoms. The Morgan fingerprint density at radius 3 is 2.71 bits per heavy atom. The molecule has 2 aromatic heterocycles. The second-order valence-electron chi connectivity index (χ2n) is 7.95. The summed E-state index contributed by atoms with van der Waals surface area (Å²) in [6, 6.07) is 7.02. The van der Waals surface area contributed by atoms with Crippen molar-refractivity contribution < 1.29 is 18.4 Å². The number of H-pyrrole nitrogens is 1. The van der Waals surface area contributed by atoms with Crippen molar-refractivity contribution in [3.05, 3.63) is 59.4 Å². The van der Waals surface area contributed by atoms with Gasteiger partial charge in [0.05, 0.1) is 16.9 Å². The number of halogens is 2. The molecular formula is C23H20F2N4O2. The van der Waals surface area contributed by atoms with Gasteiger partial charge in [-0.2, -0.15) is 0 Å². The zero-order valence-electron chi connectivity index (χ0n) is 16.6. The lowest BCUT2D eigenvalue weighted by Crippen LogP contribution is -2.14. The van der Waals surface area contributed by atoms with Crippen molar-refractivity contribution in [1.29, 1.82) is 0 Å². The van der Waals surface area contributed by atoms with E-state index in [9.17, 15) is 18.4 Å². The van der Waals surface area contributed by atoms with E-state index in [0.717, 1.165) is 37.1 Å². The number of rotatable bonds is 5. The molecule has 1 aromatic carbocycles. The number of fused-ring (bicyclic) bond motifs is 1. The maximum Gasteiger partial charge on any atom is 0.228 e. The first-order valence-electron chi connectivity index (χ1n) is 10.3. The number of hydrogen-bond acceptors (Lipinski definition) is 4. The van der Waals surface area contributed by atoms with Crippen molar-refractivity contribution in [2.24, 2.45) is 5.92 Å². The summed E-state index contributed by atoms with van der Waals surface area (Å²) in [5.41, 5.74) is 3.53. The van der Waals surface area contributed by atoms with Gasteiger partial charge < -0.3 is 15.6 Å². The SMILES string of the molecule is O=C1CCCc2[nH]c(-c3ccnc(NC(=O)C4CC4)c3)c(Nc3ccc(F)c(F)c3)c21. The molecule has 0 radical (unpaired) electrons. The highest BCUT2D eigenvalue weighted by molar-refractivity contribution is 6.07. The molecule has 0 spiro atoms. The van der Waals surface area contributed by atoms with E-state index in [0.29, 0.717) is 46.9 Å². The topological polar surface area (TPSA) is 86.9 Å². The largest absolute Gasteiger partial charge is 0.356 e. The Morgan fingerprint density at radius 2 is 1.94 bits per heavy atom. The van der Waals surface area contributed by atoms with E-state index in [-0.39, 0.29) is 17.6 Å². The summed E-state index contributed by atoms with van der Waals surface area (Å²) < 4.78 is 27.1. The van der Waals surface area contributed by atoms with Crippen LogP contribution in [0, 0.1) is 17.6 Å². The highest BCUT2D eigenvalue weighted by atomic mass is 19.2. The molecule has 0 unspecified atom stereocenters. The average molecular weight is 422 g/mol. The third kappa shape index (κ3) is 3.81. The third-order valence-electron chi connectivity index (χ3n) is 5.62. The minimum absolute atomic E-state index is 0.00912. The van der Waals surface area contributed by atoms with Gasteiger partial charge >= 0.3 is 0 Å². The van der Waals surface area contributed by atoms with Gasteiger partial charge in [0.1, 0.15) is 5.82 Å². The smallest absolute Gasteiger partial charge is 0.228 e. The van der Waals surface area contributed by atoms with Crippen molar-refractivity contribution in [2.45, 2.75) is 32.1 Å². The van der Waals surface area contributed by atoms with Gasteiger partial charge in [-0.25, -0.2) is 13.8 Å². The quantitative estimate of drug-likeness (QED) is 0.542. The summed E-state index contributed by atoms with van der Waals surface area (Å²) in [6.07, 6.45) is 5.24. The summed E-state index contributed by atoms with van der Waals surface area (Å²) in [6.45, 7) is 0. The number of aromatic amines is 1. The number of amides is 1. The van der Waals surface area contributed by atoms with Crippen LogP contribution in [0.2, 0.25) is 0 Å². The normalized spacial score (nSPS) is 15.5. The van der Waals surface area contributed by atoms with E-state index in [2.05, 4.69) is 20.6 Å². The monoisotopic (exact) mass is 422 g/mol. The second kappa shape index (κ2) is 7.61. The first kappa shape index (κ1) is 19.4. The molecule has 2 heterocycles. The van der Waals surface area contributed by atoms with Crippen LogP contribution in [-0.4, -0.2) is 21.7 Å². The number of ketones is 1. The number of benzene rings is 1. The van der Waals surface area contributed by atoms with Crippen molar-refractivity contribution in [3.8, 4) is 11.3 Å². The fourth-order valence-corrected chi connectivity index (χ4v) is 3.89. The van der Waals surface area contributed by atoms with Crippen LogP contribution in [0.4, 0.5) is 26.0 Å². The Balaban J connectivity index is 1.56. The van der Waals surface area contributed by atoms with E-state index >= 15 is 0 Å². The van der Waals surface area contributed by atoms with Gasteiger partial charge in [-0.15, -0.1) is 0 Å². The highest BCUT2D eigenvalue weighted by Crippen LogP contribution is 2.39. The molecule has 0 saturated heterocycles. The molecule has 158 valence electrons. The first-order chi connectivity index (χ1) is 15.0. The van der Waals surface area contributed by atoms with Gasteiger partial charge in [0.25, 0.3) is 0 Å². The predicted octanol–water partition coefficient (Wildman–Crippen LogP) is 4.97. The maximum atomic E-state index is 13.8. The van der Waals surface area contributed by atoms with Crippen LogP contribution in [0.3, 0.4) is 0 Å². The molecule has 0 atom stereocenters. The number of carbonyl (C=O) groups is 2. The van der Waals surface area contributed by atoms with E-state index in [1.165, 1.54) is 6.07 Å². The Bertz CT molecular complexity index is 1200. The molecule has 0 bridgehead atoms. The molecule has 31 heavy (non-hydrogen) atoms. The van der Waals surface area contributed by atoms with Crippen LogP contribution in [0.25, 0.3) is 11.3 Å². The van der Waals surface area contributed by atoms with Crippen LogP contribution >= 0.6 is 0 Å². The van der Waals surface area contributed by atoms with Gasteiger partial charge in [-0.3, -0.25) is 9.59 Å². The molecule has 1 amide bonds. The Kier molecular flexibility index (Phi) is 4.77. The fourth-order valence-electron chi connectivity index (χ4n) is 3.89. The number of carbonyl (C=O) groups excluding carboxylic acids is 2. The molecule has 5 rings (SSSR count). The average Bonchev–Trinajstić information content (AvgIpc) is 3.54. The van der Waals surface area contributed by atoms with E-state index in [1.54, 1.807) is 18.3 Å². The van der Waals surface area contributed by atoms with Crippen LogP contribution < -0.4 is 10.6 Å². The summed E-state index contributed by atoms with van der Waals surface area (Å²) in [5.74, 6) is -1.51. The molecular weight excluding hydrogens is 402 g/mol. The van der Waals surface area contributed by atoms with Crippen molar-refractivity contribution in [3.63, 3.8) is 0 Å². The van der Waals surface area contributed by atoms with E-state index < -0.39 is 11.6 Å². The van der Waals surface area contributed by atoms with Crippen LogP contribution in [-0.2, 0) is 11.2 Å². The Hall–Kier alpha value is -3.55. The van der Waals surface area contributed by atoms with Gasteiger partial charge in [-0.05, 0) is 49.9 Å². The predicted molar refractivity (Wildman–Crippen MR) is 112 cm³/mol. The van der Waals surface area contributed by atoms with Gasteiger partial charge in [-0.1, -0.05) is 0 Å². The van der Waals surface area contributed by atoms with Crippen molar-refractivity contribution >= 4 is 28.9 Å². The molecule has 0 aliphatic heterocycles. The minimum atomic E-state index is -0.976. The molecule has 2 aliphatic carbocycles. The van der Waals surface area contributed by atoms with E-state index in [4.69, 9.17) is 0 Å². The molecule has 1 saturated carbocycles. The fraction of sp³-hybridized carbons (Fsp3) is 0.261. The number of nitrogens with zero attached hydrogens (tertiary/aromatic N) is 1. The lowest BCUT2D eigenvalue weighted by Gasteiger charge is -2.14. The lowest BCUT2D eigenvalue weighted by atomic mass is 9.95. The zero-order chi connectivity index (χ0) is 21.5. The molecule has 1 fully saturated rings. The summed E-state index contributed by atoms with van der Waals surface area (Å²) >= 11 is 0. The minimum Gasteiger partial charge on any atom is -0.356 e. The number of hydrogen-bond donors (Lipinski definition) is 3. The highest BCUT2D eigenvalue weighted by Gasteiger charge is 2.30. The van der Waals surface area contributed by atoms with Crippen molar-refractivity contribution in [2.75, 3.05) is 10.6 Å². The molecule has 3 aromatic rings. The molecule has 2 aliphatic rings. The molecule has 6 nitrogen and oxygen atoms in total. The van der Waals surface area contributed by atoms with E-state index in [1.807, 2.05) is 0 Å². The van der Waals surface area contributed by atoms with Crippen LogP contribution in [0.1, 0.15) is 41.7 Å². The van der Waals surface area contributed by atoms with Gasteiger partial charge in [0, 0.05) is 41.5 Å². The number of aryl methyl sites for hydroxylation is 1. The summed E-state index contributed by atoms with van der Waals surface area (Å²) in [5, 5.41) is 5.92. The first-order valence-corrected chi connectivity index (χ1v) is 10.3. The number of Topliss-reactive ketones (excluding diaryl/α,β-unsaturated/α-hetero) is 1. The van der Waals surface area contributed by atoms with Gasteiger partial charge in [0.15, 0.2) is 17.4 Å². The standard InChI is InChI=1S/C23H20F2N4O2/c24-15-7-6-14(11-16(15)25)27-22-20-17(2-1-3-18(20)30)28-21(22)13-8-9-26-19(10-13)29-23(31)12-4-5-12/h6-12,27-28H,1-5H2,(H,26,29,31).